The van der Waals surface area contributed by atoms with Crippen molar-refractivity contribution in [3.63, 3.8) is 0 Å². The molecule has 3 aromatic rings. The van der Waals surface area contributed by atoms with Crippen LogP contribution in [-0.4, -0.2) is 54.8 Å². The van der Waals surface area contributed by atoms with Crippen LogP contribution < -0.4 is 21.3 Å². The summed E-state index contributed by atoms with van der Waals surface area (Å²) in [6.07, 6.45) is 0. The Hall–Kier alpha value is -2.85. The second-order valence-corrected chi connectivity index (χ2v) is 9.77. The van der Waals surface area contributed by atoms with Crippen LogP contribution in [0.3, 0.4) is 0 Å². The Morgan fingerprint density at radius 3 is 2.38 bits per heavy atom. The number of likely N-dealkylation sites (N-methyl/N-ethyl adjacent to an activating group) is 1. The number of aromatic nitrogens is 1. The first-order chi connectivity index (χ1) is 16.2. The summed E-state index contributed by atoms with van der Waals surface area (Å²) in [7, 11) is 2.13. The molecule has 2 aromatic carbocycles. The summed E-state index contributed by atoms with van der Waals surface area (Å²) in [6.45, 7) is 5.41. The van der Waals surface area contributed by atoms with E-state index < -0.39 is 5.78 Å². The van der Waals surface area contributed by atoms with E-state index in [1.165, 1.54) is 19.1 Å². The fraction of sp³-hybridized carbons (Fsp3) is 0.261. The zero-order valence-corrected chi connectivity index (χ0v) is 21.0. The molecular weight excluding hydrogens is 495 g/mol. The van der Waals surface area contributed by atoms with Gasteiger partial charge in [-0.2, -0.15) is 0 Å². The largest absolute Gasteiger partial charge is 0.382 e. The van der Waals surface area contributed by atoms with Gasteiger partial charge in [-0.3, -0.25) is 9.59 Å². The van der Waals surface area contributed by atoms with E-state index >= 15 is 0 Å². The Morgan fingerprint density at radius 2 is 1.74 bits per heavy atom. The smallest absolute Gasteiger partial charge is 0.221 e. The number of piperazine rings is 1. The molecule has 8 nitrogen and oxygen atoms in total. The third kappa shape index (κ3) is 5.28. The Labute approximate surface area is 211 Å². The van der Waals surface area contributed by atoms with Gasteiger partial charge < -0.3 is 26.2 Å². The molecule has 11 heteroatoms. The van der Waals surface area contributed by atoms with Crippen LogP contribution in [0.5, 0.6) is 0 Å². The summed E-state index contributed by atoms with van der Waals surface area (Å²) in [5, 5.41) is 6.47. The molecule has 1 saturated heterocycles. The number of nitrogen functional groups attached to an aromatic ring is 1. The first kappa shape index (κ1) is 24.3. The number of halogens is 2. The molecular formula is C23H24Cl2N6O2S. The van der Waals surface area contributed by atoms with Crippen molar-refractivity contribution in [3.8, 4) is 0 Å². The minimum Gasteiger partial charge on any atom is -0.382 e. The Kier molecular flexibility index (Phi) is 7.27. The molecule has 1 aliphatic heterocycles. The number of hydrogen-bond acceptors (Lipinski definition) is 8. The average Bonchev–Trinajstić information content (AvgIpc) is 3.16. The molecule has 0 saturated carbocycles. The van der Waals surface area contributed by atoms with E-state index in [9.17, 15) is 9.59 Å². The number of ketones is 1. The highest BCUT2D eigenvalue weighted by Crippen LogP contribution is 2.37. The zero-order chi connectivity index (χ0) is 24.4. The van der Waals surface area contributed by atoms with Gasteiger partial charge in [-0.1, -0.05) is 34.5 Å². The third-order valence-electron chi connectivity index (χ3n) is 5.48. The van der Waals surface area contributed by atoms with E-state index in [0.29, 0.717) is 10.8 Å². The minimum absolute atomic E-state index is 0.0505. The highest BCUT2D eigenvalue weighted by atomic mass is 35.5. The van der Waals surface area contributed by atoms with Crippen LogP contribution in [0.1, 0.15) is 22.2 Å². The number of nitrogens with two attached hydrogens (primary N) is 1. The standard InChI is InChI=1S/C23H24Cl2N6O2S/c1-13(32)27-17-8-7-16(24)18(19(17)25)20(33)21-22(26)29-23(34-21)28-14-3-5-15(6-4-14)31-11-9-30(2)10-12-31/h3-8H,9-12,26H2,1-2H3,(H,27,32)(H,28,29). The van der Waals surface area contributed by atoms with Gasteiger partial charge >= 0.3 is 0 Å². The van der Waals surface area contributed by atoms with Gasteiger partial charge in [0.2, 0.25) is 11.7 Å². The number of carbonyl (C=O) groups excluding carboxylic acids is 2. The van der Waals surface area contributed by atoms with Crippen LogP contribution in [0.25, 0.3) is 0 Å². The molecule has 0 aliphatic carbocycles. The van der Waals surface area contributed by atoms with Crippen LogP contribution >= 0.6 is 34.5 Å². The summed E-state index contributed by atoms with van der Waals surface area (Å²) >= 11 is 13.8. The van der Waals surface area contributed by atoms with E-state index in [1.807, 2.05) is 12.1 Å². The highest BCUT2D eigenvalue weighted by Gasteiger charge is 2.25. The second-order valence-electron chi connectivity index (χ2n) is 7.99. The Bertz CT molecular complexity index is 1220. The molecule has 0 radical (unpaired) electrons. The third-order valence-corrected chi connectivity index (χ3v) is 7.17. The molecule has 178 valence electrons. The van der Waals surface area contributed by atoms with E-state index in [4.69, 9.17) is 28.9 Å². The van der Waals surface area contributed by atoms with Crippen LogP contribution in [0.15, 0.2) is 36.4 Å². The van der Waals surface area contributed by atoms with Crippen LogP contribution in [0.4, 0.5) is 28.0 Å². The summed E-state index contributed by atoms with van der Waals surface area (Å²) in [5.41, 5.74) is 8.41. The van der Waals surface area contributed by atoms with E-state index in [-0.39, 0.29) is 32.2 Å². The zero-order valence-electron chi connectivity index (χ0n) is 18.7. The number of carbonyl (C=O) groups is 2. The number of hydrogen-bond donors (Lipinski definition) is 3. The maximum absolute atomic E-state index is 13.2. The lowest BCUT2D eigenvalue weighted by Gasteiger charge is -2.34. The summed E-state index contributed by atoms with van der Waals surface area (Å²) < 4.78 is 0. The summed E-state index contributed by atoms with van der Waals surface area (Å²) in [4.78, 5) is 33.8. The maximum atomic E-state index is 13.2. The van der Waals surface area contributed by atoms with Crippen molar-refractivity contribution in [2.75, 3.05) is 54.5 Å². The van der Waals surface area contributed by atoms with Gasteiger partial charge in [0.25, 0.3) is 0 Å². The quantitative estimate of drug-likeness (QED) is 0.405. The molecule has 1 aromatic heterocycles. The average molecular weight is 519 g/mol. The molecule has 0 bridgehead atoms. The molecule has 34 heavy (non-hydrogen) atoms. The summed E-state index contributed by atoms with van der Waals surface area (Å²) in [6, 6.07) is 11.1. The first-order valence-corrected chi connectivity index (χ1v) is 12.2. The molecule has 1 amide bonds. The van der Waals surface area contributed by atoms with Gasteiger partial charge in [-0.25, -0.2) is 4.98 Å². The van der Waals surface area contributed by atoms with Gasteiger partial charge in [0.15, 0.2) is 5.13 Å². The monoisotopic (exact) mass is 518 g/mol. The van der Waals surface area contributed by atoms with Crippen molar-refractivity contribution in [2.45, 2.75) is 6.92 Å². The number of amides is 1. The minimum atomic E-state index is -0.462. The van der Waals surface area contributed by atoms with Crippen LogP contribution in [-0.2, 0) is 4.79 Å². The van der Waals surface area contributed by atoms with E-state index in [2.05, 4.69) is 44.6 Å². The number of nitrogens with one attached hydrogen (secondary N) is 2. The Morgan fingerprint density at radius 1 is 1.06 bits per heavy atom. The fourth-order valence-electron chi connectivity index (χ4n) is 3.65. The molecule has 0 unspecified atom stereocenters. The van der Waals surface area contributed by atoms with Crippen molar-refractivity contribution in [1.29, 1.82) is 0 Å². The predicted octanol–water partition coefficient (Wildman–Crippen LogP) is 4.72. The molecule has 1 aliphatic rings. The summed E-state index contributed by atoms with van der Waals surface area (Å²) in [5.74, 6) is -0.704. The molecule has 2 heterocycles. The van der Waals surface area contributed by atoms with Crippen molar-refractivity contribution < 1.29 is 9.59 Å². The van der Waals surface area contributed by atoms with Crippen molar-refractivity contribution in [2.24, 2.45) is 0 Å². The van der Waals surface area contributed by atoms with Gasteiger partial charge in [0.05, 0.1) is 21.3 Å². The normalized spacial score (nSPS) is 14.2. The highest BCUT2D eigenvalue weighted by molar-refractivity contribution is 7.18. The van der Waals surface area contributed by atoms with Gasteiger partial charge in [-0.05, 0) is 43.4 Å². The van der Waals surface area contributed by atoms with Gasteiger partial charge in [0.1, 0.15) is 10.7 Å². The lowest BCUT2D eigenvalue weighted by molar-refractivity contribution is -0.114. The number of anilines is 5. The molecule has 1 fully saturated rings. The SMILES string of the molecule is CC(=O)Nc1ccc(Cl)c(C(=O)c2sc(Nc3ccc(N4CCN(C)CC4)cc3)nc2N)c1Cl. The maximum Gasteiger partial charge on any atom is 0.221 e. The fourth-order valence-corrected chi connectivity index (χ4v) is 5.09. The predicted molar refractivity (Wildman–Crippen MR) is 140 cm³/mol. The van der Waals surface area contributed by atoms with Crippen molar-refractivity contribution in [1.82, 2.24) is 9.88 Å². The van der Waals surface area contributed by atoms with E-state index in [0.717, 1.165) is 48.9 Å². The second kappa shape index (κ2) is 10.2. The van der Waals surface area contributed by atoms with E-state index in [1.54, 1.807) is 0 Å². The van der Waals surface area contributed by atoms with Crippen molar-refractivity contribution in [3.05, 3.63) is 56.9 Å². The number of nitrogens with zero attached hydrogens (tertiary/aromatic N) is 3. The molecule has 0 spiro atoms. The Balaban J connectivity index is 1.52. The number of rotatable bonds is 6. The number of benzene rings is 2. The van der Waals surface area contributed by atoms with Crippen LogP contribution in [0, 0.1) is 0 Å². The number of thiazole rings is 1. The van der Waals surface area contributed by atoms with Gasteiger partial charge in [0, 0.05) is 44.5 Å². The lowest BCUT2D eigenvalue weighted by atomic mass is 10.1. The molecule has 4 N–H and O–H groups in total. The topological polar surface area (TPSA) is 104 Å². The molecule has 4 rings (SSSR count). The van der Waals surface area contributed by atoms with Gasteiger partial charge in [-0.15, -0.1) is 0 Å². The first-order valence-electron chi connectivity index (χ1n) is 10.6. The van der Waals surface area contributed by atoms with Crippen molar-refractivity contribution >= 4 is 74.2 Å². The lowest BCUT2D eigenvalue weighted by Crippen LogP contribution is -2.44. The van der Waals surface area contributed by atoms with Crippen LogP contribution in [0.2, 0.25) is 10.0 Å². The molecule has 0 atom stereocenters.